The molecule has 0 saturated carbocycles. The molecular formula is C20H49N3O2S. The molecule has 0 atom stereocenters. The lowest BCUT2D eigenvalue weighted by Crippen LogP contribution is -2.53. The van der Waals surface area contributed by atoms with Gasteiger partial charge in [0.15, 0.2) is 5.78 Å². The van der Waals surface area contributed by atoms with Crippen LogP contribution in [0.2, 0.25) is 0 Å². The van der Waals surface area contributed by atoms with E-state index in [1.165, 1.54) is 31.4 Å². The summed E-state index contributed by atoms with van der Waals surface area (Å²) < 4.78 is 0. The monoisotopic (exact) mass is 395 g/mol. The lowest BCUT2D eigenvalue weighted by Gasteiger charge is -2.24. The molecule has 0 bridgehead atoms. The first-order chi connectivity index (χ1) is 12.4. The maximum atomic E-state index is 11.7. The third-order valence-electron chi connectivity index (χ3n) is 3.48. The number of carbonyl (C=O) groups excluding carboxylic acids is 2. The Balaban J connectivity index is -0.000000274. The van der Waals surface area contributed by atoms with E-state index in [2.05, 4.69) is 22.2 Å². The topological polar surface area (TPSA) is 70.2 Å². The second-order valence-electron chi connectivity index (χ2n) is 5.94. The molecule has 0 aliphatic rings. The van der Waals surface area contributed by atoms with Crippen LogP contribution in [0.4, 0.5) is 4.79 Å². The highest BCUT2D eigenvalue weighted by Crippen LogP contribution is 2.06. The highest BCUT2D eigenvalue weighted by atomic mass is 32.2. The molecule has 5 nitrogen and oxygen atoms in total. The van der Waals surface area contributed by atoms with Gasteiger partial charge in [-0.3, -0.25) is 4.79 Å². The molecule has 0 heterocycles. The largest absolute Gasteiger partial charge is 0.337 e. The van der Waals surface area contributed by atoms with E-state index in [1.807, 2.05) is 39.5 Å². The van der Waals surface area contributed by atoms with Crippen LogP contribution in [0.15, 0.2) is 0 Å². The average Bonchev–Trinajstić information content (AvgIpc) is 2.65. The lowest BCUT2D eigenvalue weighted by atomic mass is 9.97. The Morgan fingerprint density at radius 3 is 2.04 bits per heavy atom. The number of carbonyl (C=O) groups is 2. The van der Waals surface area contributed by atoms with Gasteiger partial charge in [0, 0.05) is 22.4 Å². The van der Waals surface area contributed by atoms with Crippen LogP contribution in [0.1, 0.15) is 83.4 Å². The summed E-state index contributed by atoms with van der Waals surface area (Å²) in [5.74, 6) is 1.28. The molecule has 0 saturated heterocycles. The van der Waals surface area contributed by atoms with Crippen molar-refractivity contribution in [3.8, 4) is 0 Å². The number of Topliss-reactive ketones (excluding diaryl/α,β-unsaturated/α-hetero) is 1. The van der Waals surface area contributed by atoms with Crippen molar-refractivity contribution in [2.24, 2.45) is 0 Å². The third-order valence-corrected chi connectivity index (χ3v) is 4.18. The zero-order valence-corrected chi connectivity index (χ0v) is 19.4. The number of hydrogen-bond donors (Lipinski definition) is 3. The maximum absolute atomic E-state index is 11.7. The predicted molar refractivity (Wildman–Crippen MR) is 123 cm³/mol. The summed E-state index contributed by atoms with van der Waals surface area (Å²) in [7, 11) is 0. The van der Waals surface area contributed by atoms with Crippen LogP contribution in [0.25, 0.3) is 0 Å². The van der Waals surface area contributed by atoms with Gasteiger partial charge in [-0.15, -0.1) is 0 Å². The molecule has 3 N–H and O–H groups in total. The molecule has 0 fully saturated rings. The minimum atomic E-state index is -0.803. The van der Waals surface area contributed by atoms with Gasteiger partial charge < -0.3 is 16.0 Å². The first kappa shape index (κ1) is 30.0. The van der Waals surface area contributed by atoms with Crippen molar-refractivity contribution in [3.05, 3.63) is 0 Å². The number of hydrogen-bond acceptors (Lipinski definition) is 4. The summed E-state index contributed by atoms with van der Waals surface area (Å²) in [5, 5.41) is 8.79. The molecule has 0 aromatic heterocycles. The highest BCUT2D eigenvalue weighted by molar-refractivity contribution is 7.98. The fourth-order valence-electron chi connectivity index (χ4n) is 2.08. The summed E-state index contributed by atoms with van der Waals surface area (Å²) in [6.45, 7) is 15.6. The predicted octanol–water partition coefficient (Wildman–Crippen LogP) is 5.10. The molecule has 0 aliphatic carbocycles. The van der Waals surface area contributed by atoms with Crippen molar-refractivity contribution in [1.82, 2.24) is 16.0 Å². The summed E-state index contributed by atoms with van der Waals surface area (Å²) in [6, 6.07) is -0.286. The zero-order chi connectivity index (χ0) is 20.8. The molecule has 0 aliphatic heterocycles. The molecule has 0 spiro atoms. The number of ketones is 1. The van der Waals surface area contributed by atoms with Crippen molar-refractivity contribution < 1.29 is 12.4 Å². The molecular weight excluding hydrogens is 346 g/mol. The Hall–Kier alpha value is -0.750. The van der Waals surface area contributed by atoms with E-state index in [1.54, 1.807) is 20.8 Å². The molecule has 0 radical (unpaired) electrons. The summed E-state index contributed by atoms with van der Waals surface area (Å²) >= 11 is 1.90. The Kier molecular flexibility index (Phi) is 25.7. The van der Waals surface area contributed by atoms with E-state index in [4.69, 9.17) is 0 Å². The summed E-state index contributed by atoms with van der Waals surface area (Å²) in [5.41, 5.74) is -0.803. The van der Waals surface area contributed by atoms with Gasteiger partial charge in [-0.05, 0) is 45.2 Å². The van der Waals surface area contributed by atoms with Crippen LogP contribution >= 0.6 is 11.8 Å². The lowest BCUT2D eigenvalue weighted by molar-refractivity contribution is -0.123. The van der Waals surface area contributed by atoms with Crippen LogP contribution in [0.3, 0.4) is 0 Å². The zero-order valence-electron chi connectivity index (χ0n) is 18.6. The van der Waals surface area contributed by atoms with Crippen molar-refractivity contribution in [1.29, 1.82) is 0 Å². The van der Waals surface area contributed by atoms with E-state index < -0.39 is 5.54 Å². The van der Waals surface area contributed by atoms with Crippen LogP contribution < -0.4 is 16.0 Å². The maximum Gasteiger partial charge on any atom is 0.315 e. The first-order valence-corrected chi connectivity index (χ1v) is 11.6. The SMILES string of the molecule is CC.CC.CCC(=O)C(C)(C)NC(=O)NCCNCCCCCCSC.[HH].[HH]. The van der Waals surface area contributed by atoms with E-state index >= 15 is 0 Å². The van der Waals surface area contributed by atoms with Gasteiger partial charge in [-0.1, -0.05) is 47.5 Å². The fraction of sp³-hybridized carbons (Fsp3) is 0.900. The minimum absolute atomic E-state index is 0. The van der Waals surface area contributed by atoms with Gasteiger partial charge in [0.2, 0.25) is 0 Å². The number of urea groups is 1. The van der Waals surface area contributed by atoms with Gasteiger partial charge in [0.05, 0.1) is 5.54 Å². The molecule has 0 rings (SSSR count). The first-order valence-electron chi connectivity index (χ1n) is 10.2. The number of rotatable bonds is 13. The summed E-state index contributed by atoms with van der Waals surface area (Å²) in [6.07, 6.45) is 7.60. The van der Waals surface area contributed by atoms with Crippen LogP contribution in [0, 0.1) is 0 Å². The van der Waals surface area contributed by atoms with E-state index in [0.29, 0.717) is 13.0 Å². The quantitative estimate of drug-likeness (QED) is 0.379. The van der Waals surface area contributed by atoms with Gasteiger partial charge in [0.1, 0.15) is 0 Å². The number of thioether (sulfide) groups is 1. The Morgan fingerprint density at radius 2 is 1.50 bits per heavy atom. The fourth-order valence-corrected chi connectivity index (χ4v) is 2.57. The Morgan fingerprint density at radius 1 is 0.923 bits per heavy atom. The number of nitrogens with one attached hydrogen (secondary N) is 3. The molecule has 0 aromatic carbocycles. The number of amides is 2. The second kappa shape index (κ2) is 22.3. The normalized spacial score (nSPS) is 10.0. The van der Waals surface area contributed by atoms with Crippen LogP contribution in [0.5, 0.6) is 0 Å². The Bertz CT molecular complexity index is 335. The van der Waals surface area contributed by atoms with Crippen molar-refractivity contribution in [3.63, 3.8) is 0 Å². The van der Waals surface area contributed by atoms with Crippen molar-refractivity contribution in [2.45, 2.75) is 86.1 Å². The second-order valence-corrected chi connectivity index (χ2v) is 6.93. The Labute approximate surface area is 170 Å². The molecule has 162 valence electrons. The molecule has 0 unspecified atom stereocenters. The smallest absolute Gasteiger partial charge is 0.315 e. The van der Waals surface area contributed by atoms with Crippen LogP contribution in [-0.4, -0.2) is 49.0 Å². The van der Waals surface area contributed by atoms with Gasteiger partial charge in [-0.2, -0.15) is 11.8 Å². The average molecular weight is 396 g/mol. The van der Waals surface area contributed by atoms with E-state index in [-0.39, 0.29) is 14.7 Å². The molecule has 6 heteroatoms. The van der Waals surface area contributed by atoms with Crippen molar-refractivity contribution >= 4 is 23.6 Å². The summed E-state index contributed by atoms with van der Waals surface area (Å²) in [4.78, 5) is 23.4. The standard InChI is InChI=1S/C16H33N3O2S.2C2H6.2H2/c1-5-14(20)16(2,3)19-15(21)18-12-11-17-10-8-6-7-9-13-22-4;2*1-2;;/h17H,5-13H2,1-4H3,(H2,18,19,21);2*1-2H3;2*1H. The highest BCUT2D eigenvalue weighted by Gasteiger charge is 2.27. The minimum Gasteiger partial charge on any atom is -0.337 e. The molecule has 0 aromatic rings. The van der Waals surface area contributed by atoms with E-state index in [0.717, 1.165) is 13.1 Å². The number of unbranched alkanes of at least 4 members (excludes halogenated alkanes) is 3. The van der Waals surface area contributed by atoms with Crippen molar-refractivity contribution in [2.75, 3.05) is 31.6 Å². The van der Waals surface area contributed by atoms with Gasteiger partial charge in [0.25, 0.3) is 0 Å². The third kappa shape index (κ3) is 19.6. The van der Waals surface area contributed by atoms with E-state index in [9.17, 15) is 9.59 Å². The van der Waals surface area contributed by atoms with Gasteiger partial charge in [-0.25, -0.2) is 4.79 Å². The van der Waals surface area contributed by atoms with Gasteiger partial charge >= 0.3 is 6.03 Å². The van der Waals surface area contributed by atoms with Crippen LogP contribution in [-0.2, 0) is 4.79 Å². The molecule has 2 amide bonds. The molecule has 26 heavy (non-hydrogen) atoms.